The summed E-state index contributed by atoms with van der Waals surface area (Å²) in [6.07, 6.45) is 4.42. The van der Waals surface area contributed by atoms with Crippen LogP contribution in [-0.4, -0.2) is 14.6 Å². The summed E-state index contributed by atoms with van der Waals surface area (Å²) in [5, 5.41) is 8.68. The lowest BCUT2D eigenvalue weighted by Gasteiger charge is -2.02. The molecule has 0 saturated carbocycles. The number of hydrogen-bond acceptors (Lipinski definition) is 3. The summed E-state index contributed by atoms with van der Waals surface area (Å²) in [6, 6.07) is 6.39. The minimum absolute atomic E-state index is 0.0755. The second-order valence-electron chi connectivity index (χ2n) is 2.95. The molecule has 1 aromatic rings. The summed E-state index contributed by atoms with van der Waals surface area (Å²) in [6.45, 7) is 0. The minimum Gasteiger partial charge on any atom is -0.199 e. The van der Waals surface area contributed by atoms with E-state index >= 15 is 0 Å². The van der Waals surface area contributed by atoms with E-state index in [-0.39, 0.29) is 4.90 Å². The molecule has 2 rings (SSSR count). The van der Waals surface area contributed by atoms with E-state index in [1.165, 1.54) is 12.3 Å². The predicted molar refractivity (Wildman–Crippen MR) is 55.9 cm³/mol. The van der Waals surface area contributed by atoms with Gasteiger partial charge in [-0.05, 0) is 23.8 Å². The number of nitriles is 1. The van der Waals surface area contributed by atoms with Crippen LogP contribution in [0.25, 0.3) is 6.08 Å². The molecule has 0 aliphatic carbocycles. The average molecular weight is 218 g/mol. The standard InChI is InChI=1S/C10H6N2O2S/c11-7-8-3-4-9-2-1-5-12-15(13,14)10(9)6-8/h1-6H. The molecule has 0 spiro atoms. The molecule has 0 amide bonds. The number of rotatable bonds is 0. The molecule has 0 fully saturated rings. The van der Waals surface area contributed by atoms with Crippen molar-refractivity contribution in [1.82, 2.24) is 0 Å². The van der Waals surface area contributed by atoms with Crippen molar-refractivity contribution in [2.75, 3.05) is 0 Å². The van der Waals surface area contributed by atoms with Crippen LogP contribution in [0.15, 0.2) is 33.6 Å². The van der Waals surface area contributed by atoms with E-state index in [1.54, 1.807) is 24.3 Å². The zero-order valence-corrected chi connectivity index (χ0v) is 8.40. The second kappa shape index (κ2) is 3.33. The summed E-state index contributed by atoms with van der Waals surface area (Å²) >= 11 is 0. The largest absolute Gasteiger partial charge is 0.282 e. The highest BCUT2D eigenvalue weighted by Gasteiger charge is 2.17. The minimum atomic E-state index is -3.66. The van der Waals surface area contributed by atoms with Crippen LogP contribution in [0.4, 0.5) is 0 Å². The number of fused-ring (bicyclic) bond motifs is 1. The van der Waals surface area contributed by atoms with E-state index in [1.807, 2.05) is 6.07 Å². The molecular weight excluding hydrogens is 212 g/mol. The number of benzene rings is 1. The Hall–Kier alpha value is -1.93. The predicted octanol–water partition coefficient (Wildman–Crippen LogP) is 1.34. The average Bonchev–Trinajstić information content (AvgIpc) is 2.37. The first-order valence-corrected chi connectivity index (χ1v) is 5.59. The van der Waals surface area contributed by atoms with E-state index in [0.29, 0.717) is 11.1 Å². The van der Waals surface area contributed by atoms with Crippen LogP contribution in [0.1, 0.15) is 11.1 Å². The monoisotopic (exact) mass is 218 g/mol. The van der Waals surface area contributed by atoms with Crippen molar-refractivity contribution in [2.45, 2.75) is 4.90 Å². The molecule has 1 aliphatic heterocycles. The number of hydrogen-bond donors (Lipinski definition) is 0. The van der Waals surface area contributed by atoms with Gasteiger partial charge in [-0.3, -0.25) is 0 Å². The Morgan fingerprint density at radius 1 is 1.33 bits per heavy atom. The Morgan fingerprint density at radius 2 is 2.13 bits per heavy atom. The van der Waals surface area contributed by atoms with Gasteiger partial charge in [-0.25, -0.2) is 0 Å². The normalized spacial score (nSPS) is 16.5. The van der Waals surface area contributed by atoms with Gasteiger partial charge in [-0.15, -0.1) is 0 Å². The fourth-order valence-electron chi connectivity index (χ4n) is 1.28. The summed E-state index contributed by atoms with van der Waals surface area (Å²) < 4.78 is 26.7. The maximum atomic E-state index is 11.6. The second-order valence-corrected chi connectivity index (χ2v) is 4.55. The van der Waals surface area contributed by atoms with Gasteiger partial charge in [0.15, 0.2) is 0 Å². The van der Waals surface area contributed by atoms with Crippen molar-refractivity contribution < 1.29 is 8.42 Å². The third kappa shape index (κ3) is 1.67. The topological polar surface area (TPSA) is 70.3 Å². The maximum absolute atomic E-state index is 11.6. The van der Waals surface area contributed by atoms with Crippen molar-refractivity contribution >= 4 is 22.3 Å². The Morgan fingerprint density at radius 3 is 2.87 bits per heavy atom. The van der Waals surface area contributed by atoms with E-state index in [0.717, 1.165) is 0 Å². The van der Waals surface area contributed by atoms with Crippen LogP contribution in [0.3, 0.4) is 0 Å². The van der Waals surface area contributed by atoms with Gasteiger partial charge in [0, 0.05) is 6.21 Å². The van der Waals surface area contributed by atoms with Crippen molar-refractivity contribution in [1.29, 1.82) is 5.26 Å². The Bertz CT molecular complexity index is 607. The van der Waals surface area contributed by atoms with Gasteiger partial charge in [0.05, 0.1) is 16.5 Å². The lowest BCUT2D eigenvalue weighted by Crippen LogP contribution is -1.99. The lowest BCUT2D eigenvalue weighted by molar-refractivity contribution is 0.598. The van der Waals surface area contributed by atoms with Crippen LogP contribution >= 0.6 is 0 Å². The number of allylic oxidation sites excluding steroid dienone is 1. The third-order valence-electron chi connectivity index (χ3n) is 1.98. The van der Waals surface area contributed by atoms with Gasteiger partial charge < -0.3 is 0 Å². The number of nitrogens with zero attached hydrogens (tertiary/aromatic N) is 2. The summed E-state index contributed by atoms with van der Waals surface area (Å²) in [7, 11) is -3.66. The van der Waals surface area contributed by atoms with E-state index in [2.05, 4.69) is 4.40 Å². The lowest BCUT2D eigenvalue weighted by atomic mass is 10.1. The van der Waals surface area contributed by atoms with Crippen molar-refractivity contribution in [3.63, 3.8) is 0 Å². The third-order valence-corrected chi connectivity index (χ3v) is 3.29. The smallest absolute Gasteiger partial charge is 0.199 e. The SMILES string of the molecule is N#Cc1ccc2c(c1)S(=O)(=O)N=CC=C2. The van der Waals surface area contributed by atoms with Crippen LogP contribution < -0.4 is 0 Å². The molecule has 0 unspecified atom stereocenters. The highest BCUT2D eigenvalue weighted by molar-refractivity contribution is 7.90. The molecular formula is C10H6N2O2S. The van der Waals surface area contributed by atoms with E-state index < -0.39 is 10.0 Å². The van der Waals surface area contributed by atoms with Crippen molar-refractivity contribution in [3.8, 4) is 6.07 Å². The molecule has 5 heteroatoms. The zero-order chi connectivity index (χ0) is 10.9. The summed E-state index contributed by atoms with van der Waals surface area (Å²) in [5.74, 6) is 0. The molecule has 0 atom stereocenters. The molecule has 4 nitrogen and oxygen atoms in total. The molecule has 74 valence electrons. The number of sulfonamides is 1. The molecule has 15 heavy (non-hydrogen) atoms. The molecule has 1 aliphatic rings. The van der Waals surface area contributed by atoms with Crippen molar-refractivity contribution in [2.24, 2.45) is 4.40 Å². The first kappa shape index (κ1) is 9.62. The van der Waals surface area contributed by atoms with Gasteiger partial charge in [0.25, 0.3) is 10.0 Å². The Kier molecular flexibility index (Phi) is 2.14. The Balaban J connectivity index is 2.79. The molecule has 0 saturated heterocycles. The Labute approximate surface area is 87.2 Å². The highest BCUT2D eigenvalue weighted by atomic mass is 32.2. The molecule has 1 heterocycles. The van der Waals surface area contributed by atoms with Crippen molar-refractivity contribution in [3.05, 3.63) is 35.4 Å². The first-order valence-electron chi connectivity index (χ1n) is 4.15. The summed E-state index contributed by atoms with van der Waals surface area (Å²) in [4.78, 5) is 0.0755. The van der Waals surface area contributed by atoms with Crippen LogP contribution in [0.5, 0.6) is 0 Å². The zero-order valence-electron chi connectivity index (χ0n) is 7.58. The van der Waals surface area contributed by atoms with Crippen LogP contribution in [-0.2, 0) is 10.0 Å². The molecule has 0 N–H and O–H groups in total. The van der Waals surface area contributed by atoms with Gasteiger partial charge >= 0.3 is 0 Å². The van der Waals surface area contributed by atoms with Gasteiger partial charge in [-0.1, -0.05) is 12.1 Å². The van der Waals surface area contributed by atoms with Crippen LogP contribution in [0, 0.1) is 11.3 Å². The molecule has 0 aromatic heterocycles. The van der Waals surface area contributed by atoms with Crippen LogP contribution in [0.2, 0.25) is 0 Å². The maximum Gasteiger partial charge on any atom is 0.282 e. The fourth-order valence-corrected chi connectivity index (χ4v) is 2.34. The van der Waals surface area contributed by atoms with E-state index in [9.17, 15) is 8.42 Å². The fraction of sp³-hybridized carbons (Fsp3) is 0. The highest BCUT2D eigenvalue weighted by Crippen LogP contribution is 2.22. The van der Waals surface area contributed by atoms with Gasteiger partial charge in [0.1, 0.15) is 0 Å². The molecule has 1 aromatic carbocycles. The quantitative estimate of drug-likeness (QED) is 0.659. The first-order chi connectivity index (χ1) is 7.13. The molecule has 0 radical (unpaired) electrons. The van der Waals surface area contributed by atoms with Gasteiger partial charge in [0.2, 0.25) is 0 Å². The van der Waals surface area contributed by atoms with Gasteiger partial charge in [-0.2, -0.15) is 18.1 Å². The van der Waals surface area contributed by atoms with E-state index in [4.69, 9.17) is 5.26 Å². The molecule has 0 bridgehead atoms. The summed E-state index contributed by atoms with van der Waals surface area (Å²) in [5.41, 5.74) is 0.856.